The minimum atomic E-state index is -0.442. The molecule has 0 saturated heterocycles. The Kier molecular flexibility index (Phi) is 6.62. The molecule has 2 rings (SSSR count). The van der Waals surface area contributed by atoms with Crippen LogP contribution in [0.1, 0.15) is 13.3 Å². The number of esters is 1. The Balaban J connectivity index is 1.75. The molecular weight excluding hydrogens is 330 g/mol. The molecule has 24 heavy (non-hydrogen) atoms. The van der Waals surface area contributed by atoms with Gasteiger partial charge < -0.3 is 9.47 Å². The first-order valence-corrected chi connectivity index (χ1v) is 8.38. The highest BCUT2D eigenvalue weighted by molar-refractivity contribution is 7.99. The normalized spacial score (nSPS) is 10.2. The summed E-state index contributed by atoms with van der Waals surface area (Å²) >= 11 is 1.45. The van der Waals surface area contributed by atoms with Gasteiger partial charge in [0.15, 0.2) is 0 Å². The predicted molar refractivity (Wildman–Crippen MR) is 91.7 cm³/mol. The Morgan fingerprint density at radius 2 is 1.71 bits per heavy atom. The van der Waals surface area contributed by atoms with Crippen molar-refractivity contribution in [2.24, 2.45) is 0 Å². The molecule has 0 unspecified atom stereocenters. The molecule has 0 aliphatic rings. The highest BCUT2D eigenvalue weighted by Gasteiger charge is 2.07. The molecule has 6 nitrogen and oxygen atoms in total. The van der Waals surface area contributed by atoms with Crippen LogP contribution in [-0.2, 0) is 4.79 Å². The maximum absolute atomic E-state index is 11.8. The van der Waals surface area contributed by atoms with Crippen molar-refractivity contribution in [1.29, 1.82) is 0 Å². The minimum Gasteiger partial charge on any atom is -0.494 e. The van der Waals surface area contributed by atoms with Gasteiger partial charge in [-0.3, -0.25) is 14.9 Å². The van der Waals surface area contributed by atoms with Crippen LogP contribution in [0.3, 0.4) is 0 Å². The summed E-state index contributed by atoms with van der Waals surface area (Å²) in [4.78, 5) is 22.8. The second-order valence-corrected chi connectivity index (χ2v) is 5.90. The first-order chi connectivity index (χ1) is 11.6. The molecule has 7 heteroatoms. The third-order valence-electron chi connectivity index (χ3n) is 2.99. The zero-order chi connectivity index (χ0) is 17.4. The predicted octanol–water partition coefficient (Wildman–Crippen LogP) is 4.08. The van der Waals surface area contributed by atoms with Crippen molar-refractivity contribution in [3.05, 3.63) is 58.6 Å². The topological polar surface area (TPSA) is 78.7 Å². The molecule has 2 aromatic rings. The molecule has 0 bridgehead atoms. The van der Waals surface area contributed by atoms with Crippen LogP contribution in [0.4, 0.5) is 5.69 Å². The van der Waals surface area contributed by atoms with Gasteiger partial charge in [0.1, 0.15) is 11.5 Å². The van der Waals surface area contributed by atoms with E-state index in [0.717, 1.165) is 10.6 Å². The number of nitro groups is 1. The fourth-order valence-corrected chi connectivity index (χ4v) is 2.70. The molecule has 0 saturated carbocycles. The van der Waals surface area contributed by atoms with Gasteiger partial charge >= 0.3 is 5.97 Å². The fourth-order valence-electron chi connectivity index (χ4n) is 1.87. The second-order valence-electron chi connectivity index (χ2n) is 4.73. The lowest BCUT2D eigenvalue weighted by Gasteiger charge is -2.06. The maximum Gasteiger partial charge on any atom is 0.312 e. The van der Waals surface area contributed by atoms with E-state index in [-0.39, 0.29) is 18.1 Å². The number of carbonyl (C=O) groups excluding carboxylic acids is 1. The van der Waals surface area contributed by atoms with Gasteiger partial charge in [0.2, 0.25) is 0 Å². The molecule has 0 spiro atoms. The van der Waals surface area contributed by atoms with Crippen molar-refractivity contribution < 1.29 is 19.2 Å². The number of nitro benzene ring substituents is 1. The van der Waals surface area contributed by atoms with E-state index in [4.69, 9.17) is 9.47 Å². The molecule has 2 aromatic carbocycles. The maximum atomic E-state index is 11.8. The van der Waals surface area contributed by atoms with Gasteiger partial charge in [0.05, 0.1) is 18.0 Å². The summed E-state index contributed by atoms with van der Waals surface area (Å²) in [6, 6.07) is 13.1. The van der Waals surface area contributed by atoms with Crippen LogP contribution >= 0.6 is 11.8 Å². The summed E-state index contributed by atoms with van der Waals surface area (Å²) in [6.45, 7) is 2.48. The molecule has 0 radical (unpaired) electrons. The molecule has 0 aliphatic carbocycles. The van der Waals surface area contributed by atoms with Gasteiger partial charge in [-0.15, -0.1) is 11.8 Å². The number of hydrogen-bond acceptors (Lipinski definition) is 6. The van der Waals surface area contributed by atoms with Crippen molar-refractivity contribution >= 4 is 23.4 Å². The van der Waals surface area contributed by atoms with E-state index in [1.54, 1.807) is 36.4 Å². The highest BCUT2D eigenvalue weighted by Crippen LogP contribution is 2.22. The van der Waals surface area contributed by atoms with E-state index in [9.17, 15) is 14.9 Å². The Morgan fingerprint density at radius 1 is 1.08 bits per heavy atom. The standard InChI is InChI=1S/C17H17NO5S/c1-2-22-14-5-7-15(8-6-14)23-17(19)11-12-24-16-9-3-13(4-10-16)18(20)21/h3-10H,2,11-12H2,1H3. The quantitative estimate of drug-likeness (QED) is 0.235. The fraction of sp³-hybridized carbons (Fsp3) is 0.235. The van der Waals surface area contributed by atoms with Gasteiger partial charge in [0.25, 0.3) is 5.69 Å². The molecule has 126 valence electrons. The monoisotopic (exact) mass is 347 g/mol. The molecule has 0 amide bonds. The van der Waals surface area contributed by atoms with Gasteiger partial charge in [-0.25, -0.2) is 0 Å². The first-order valence-electron chi connectivity index (χ1n) is 7.39. The average Bonchev–Trinajstić information content (AvgIpc) is 2.57. The smallest absolute Gasteiger partial charge is 0.312 e. The van der Waals surface area contributed by atoms with Crippen molar-refractivity contribution in [2.75, 3.05) is 12.4 Å². The zero-order valence-electron chi connectivity index (χ0n) is 13.1. The summed E-state index contributed by atoms with van der Waals surface area (Å²) in [5.41, 5.74) is 0.0502. The number of hydrogen-bond donors (Lipinski definition) is 0. The van der Waals surface area contributed by atoms with Crippen molar-refractivity contribution in [2.45, 2.75) is 18.2 Å². The van der Waals surface area contributed by atoms with Gasteiger partial charge in [0, 0.05) is 22.8 Å². The van der Waals surface area contributed by atoms with E-state index < -0.39 is 4.92 Å². The van der Waals surface area contributed by atoms with Crippen molar-refractivity contribution in [1.82, 2.24) is 0 Å². The Morgan fingerprint density at radius 3 is 2.29 bits per heavy atom. The van der Waals surface area contributed by atoms with Crippen LogP contribution < -0.4 is 9.47 Å². The van der Waals surface area contributed by atoms with Crippen LogP contribution in [0.15, 0.2) is 53.4 Å². The minimum absolute atomic E-state index is 0.0502. The van der Waals surface area contributed by atoms with Gasteiger partial charge in [-0.2, -0.15) is 0 Å². The Hall–Kier alpha value is -2.54. The molecule has 0 aliphatic heterocycles. The number of non-ortho nitro benzene ring substituents is 1. The first kappa shape index (κ1) is 17.8. The Bertz CT molecular complexity index is 685. The summed E-state index contributed by atoms with van der Waals surface area (Å²) in [5.74, 6) is 1.41. The molecule has 0 heterocycles. The lowest BCUT2D eigenvalue weighted by Crippen LogP contribution is -2.08. The number of benzene rings is 2. The van der Waals surface area contributed by atoms with Gasteiger partial charge in [-0.05, 0) is 43.3 Å². The van der Waals surface area contributed by atoms with Crippen molar-refractivity contribution in [3.8, 4) is 11.5 Å². The van der Waals surface area contributed by atoms with E-state index in [0.29, 0.717) is 18.1 Å². The molecular formula is C17H17NO5S. The highest BCUT2D eigenvalue weighted by atomic mass is 32.2. The average molecular weight is 347 g/mol. The van der Waals surface area contributed by atoms with E-state index in [1.807, 2.05) is 6.92 Å². The lowest BCUT2D eigenvalue weighted by atomic mass is 10.3. The molecule has 0 atom stereocenters. The summed E-state index contributed by atoms with van der Waals surface area (Å²) in [6.07, 6.45) is 0.245. The van der Waals surface area contributed by atoms with E-state index in [2.05, 4.69) is 0 Å². The third-order valence-corrected chi connectivity index (χ3v) is 4.00. The number of carbonyl (C=O) groups is 1. The molecule has 0 aromatic heterocycles. The molecule has 0 fully saturated rings. The lowest BCUT2D eigenvalue weighted by molar-refractivity contribution is -0.384. The number of nitrogens with zero attached hydrogens (tertiary/aromatic N) is 1. The largest absolute Gasteiger partial charge is 0.494 e. The van der Waals surface area contributed by atoms with Crippen LogP contribution in [0.5, 0.6) is 11.5 Å². The van der Waals surface area contributed by atoms with Crippen LogP contribution in [0, 0.1) is 10.1 Å². The van der Waals surface area contributed by atoms with Gasteiger partial charge in [-0.1, -0.05) is 0 Å². The van der Waals surface area contributed by atoms with E-state index >= 15 is 0 Å². The summed E-state index contributed by atoms with van der Waals surface area (Å²) in [5, 5.41) is 10.6. The molecule has 0 N–H and O–H groups in total. The third kappa shape index (κ3) is 5.58. The van der Waals surface area contributed by atoms with E-state index in [1.165, 1.54) is 23.9 Å². The van der Waals surface area contributed by atoms with Crippen LogP contribution in [-0.4, -0.2) is 23.3 Å². The SMILES string of the molecule is CCOc1ccc(OC(=O)CCSc2ccc([N+](=O)[O-])cc2)cc1. The number of ether oxygens (including phenoxy) is 2. The Labute approximate surface area is 143 Å². The summed E-state index contributed by atoms with van der Waals surface area (Å²) in [7, 11) is 0. The second kappa shape index (κ2) is 8.93. The number of thioether (sulfide) groups is 1. The van der Waals surface area contributed by atoms with Crippen LogP contribution in [0.2, 0.25) is 0 Å². The zero-order valence-corrected chi connectivity index (χ0v) is 14.0. The van der Waals surface area contributed by atoms with Crippen LogP contribution in [0.25, 0.3) is 0 Å². The summed E-state index contributed by atoms with van der Waals surface area (Å²) < 4.78 is 10.6. The number of rotatable bonds is 8. The van der Waals surface area contributed by atoms with Crippen molar-refractivity contribution in [3.63, 3.8) is 0 Å².